The fourth-order valence-corrected chi connectivity index (χ4v) is 2.43. The van der Waals surface area contributed by atoms with Crippen molar-refractivity contribution in [3.63, 3.8) is 0 Å². The zero-order valence-corrected chi connectivity index (χ0v) is 11.2. The first-order chi connectivity index (χ1) is 9.90. The molecule has 1 aromatic carbocycles. The maximum Gasteiger partial charge on any atom is 0.326 e. The Hall–Kier alpha value is -2.44. The summed E-state index contributed by atoms with van der Waals surface area (Å²) in [6.07, 6.45) is -0.254. The van der Waals surface area contributed by atoms with E-state index in [0.717, 1.165) is 4.90 Å². The monoisotopic (exact) mass is 294 g/mol. The van der Waals surface area contributed by atoms with Crippen molar-refractivity contribution < 1.29 is 23.9 Å². The summed E-state index contributed by atoms with van der Waals surface area (Å²) in [6.45, 7) is -0.0421. The lowest BCUT2D eigenvalue weighted by Crippen LogP contribution is -2.44. The van der Waals surface area contributed by atoms with E-state index < -0.39 is 35.6 Å². The standard InChI is InChI=1S/C14H15FN2O4/c15-10-4-2-1-3-8(10)5-11(14(20)21)17-7-9(13(16)19)6-12(17)18/h1-4,9,11H,5-7H2,(H2,16,19)(H,20,21)/t9?,11-/m1/s1. The SMILES string of the molecule is NC(=O)C1CC(=O)N([C@H](Cc2ccccc2F)C(=O)O)C1. The molecule has 0 saturated carbocycles. The zero-order valence-electron chi connectivity index (χ0n) is 11.2. The number of carbonyl (C=O) groups is 3. The van der Waals surface area contributed by atoms with E-state index in [-0.39, 0.29) is 24.9 Å². The highest BCUT2D eigenvalue weighted by atomic mass is 19.1. The van der Waals surface area contributed by atoms with Gasteiger partial charge in [-0.25, -0.2) is 9.18 Å². The minimum Gasteiger partial charge on any atom is -0.480 e. The first-order valence-corrected chi connectivity index (χ1v) is 6.45. The van der Waals surface area contributed by atoms with E-state index >= 15 is 0 Å². The molecule has 2 amide bonds. The number of nitrogens with two attached hydrogens (primary N) is 1. The second-order valence-corrected chi connectivity index (χ2v) is 5.00. The lowest BCUT2D eigenvalue weighted by atomic mass is 10.0. The van der Waals surface area contributed by atoms with Crippen molar-refractivity contribution in [2.45, 2.75) is 18.9 Å². The zero-order chi connectivity index (χ0) is 15.6. The van der Waals surface area contributed by atoms with Gasteiger partial charge in [-0.15, -0.1) is 0 Å². The molecule has 112 valence electrons. The van der Waals surface area contributed by atoms with E-state index in [2.05, 4.69) is 0 Å². The molecular formula is C14H15FN2O4. The van der Waals surface area contributed by atoms with Crippen LogP contribution in [0.2, 0.25) is 0 Å². The number of primary amides is 1. The maximum atomic E-state index is 13.6. The Kier molecular flexibility index (Phi) is 4.21. The molecule has 1 aliphatic heterocycles. The van der Waals surface area contributed by atoms with Gasteiger partial charge < -0.3 is 15.7 Å². The number of carboxylic acid groups (broad SMARTS) is 1. The third-order valence-electron chi connectivity index (χ3n) is 3.59. The summed E-state index contributed by atoms with van der Waals surface area (Å²) in [7, 11) is 0. The van der Waals surface area contributed by atoms with Gasteiger partial charge in [0.1, 0.15) is 11.9 Å². The average Bonchev–Trinajstić information content (AvgIpc) is 2.79. The van der Waals surface area contributed by atoms with Gasteiger partial charge in [-0.1, -0.05) is 18.2 Å². The molecule has 1 unspecified atom stereocenters. The van der Waals surface area contributed by atoms with Crippen molar-refractivity contribution in [1.82, 2.24) is 4.90 Å². The highest BCUT2D eigenvalue weighted by molar-refractivity contribution is 5.91. The summed E-state index contributed by atoms with van der Waals surface area (Å²) < 4.78 is 13.6. The number of hydrogen-bond donors (Lipinski definition) is 2. The molecule has 3 N–H and O–H groups in total. The number of likely N-dealkylation sites (tertiary alicyclic amines) is 1. The predicted octanol–water partition coefficient (Wildman–Crippen LogP) is 0.155. The fourth-order valence-electron chi connectivity index (χ4n) is 2.43. The Morgan fingerprint density at radius 3 is 2.62 bits per heavy atom. The Balaban J connectivity index is 2.20. The molecule has 0 aromatic heterocycles. The van der Waals surface area contributed by atoms with Crippen molar-refractivity contribution in [1.29, 1.82) is 0 Å². The topological polar surface area (TPSA) is 101 Å². The minimum atomic E-state index is -1.24. The molecule has 2 rings (SSSR count). The number of aliphatic carboxylic acids is 1. The highest BCUT2D eigenvalue weighted by Gasteiger charge is 2.40. The second-order valence-electron chi connectivity index (χ2n) is 5.00. The van der Waals surface area contributed by atoms with Gasteiger partial charge in [0.15, 0.2) is 0 Å². The third-order valence-corrected chi connectivity index (χ3v) is 3.59. The van der Waals surface area contributed by atoms with Crippen LogP contribution in [0, 0.1) is 11.7 Å². The fraction of sp³-hybridized carbons (Fsp3) is 0.357. The van der Waals surface area contributed by atoms with Crippen LogP contribution in [0.3, 0.4) is 0 Å². The van der Waals surface area contributed by atoms with Crippen LogP contribution in [-0.2, 0) is 20.8 Å². The predicted molar refractivity (Wildman–Crippen MR) is 70.5 cm³/mol. The number of nitrogens with zero attached hydrogens (tertiary/aromatic N) is 1. The van der Waals surface area contributed by atoms with Crippen LogP contribution in [0.25, 0.3) is 0 Å². The number of carbonyl (C=O) groups excluding carboxylic acids is 2. The molecule has 21 heavy (non-hydrogen) atoms. The molecule has 1 aromatic rings. The van der Waals surface area contributed by atoms with Gasteiger partial charge >= 0.3 is 5.97 Å². The van der Waals surface area contributed by atoms with Gasteiger partial charge in [-0.05, 0) is 11.6 Å². The van der Waals surface area contributed by atoms with E-state index in [1.54, 1.807) is 6.07 Å². The van der Waals surface area contributed by atoms with Crippen LogP contribution in [-0.4, -0.2) is 40.4 Å². The number of rotatable bonds is 5. The Morgan fingerprint density at radius 1 is 1.43 bits per heavy atom. The molecule has 0 aliphatic carbocycles. The molecule has 7 heteroatoms. The number of amides is 2. The molecule has 2 atom stereocenters. The molecular weight excluding hydrogens is 279 g/mol. The Labute approximate surface area is 120 Å². The summed E-state index contributed by atoms with van der Waals surface area (Å²) in [5.41, 5.74) is 5.36. The van der Waals surface area contributed by atoms with Crippen LogP contribution in [0.1, 0.15) is 12.0 Å². The third kappa shape index (κ3) is 3.18. The number of carboxylic acids is 1. The van der Waals surface area contributed by atoms with Gasteiger partial charge in [0, 0.05) is 19.4 Å². The minimum absolute atomic E-state index is 0.0421. The van der Waals surface area contributed by atoms with Crippen LogP contribution in [0.4, 0.5) is 4.39 Å². The number of benzene rings is 1. The molecule has 1 saturated heterocycles. The smallest absolute Gasteiger partial charge is 0.326 e. The van der Waals surface area contributed by atoms with Crippen LogP contribution >= 0.6 is 0 Å². The summed E-state index contributed by atoms with van der Waals surface area (Å²) in [5, 5.41) is 9.30. The van der Waals surface area contributed by atoms with Gasteiger partial charge in [-0.3, -0.25) is 9.59 Å². The first-order valence-electron chi connectivity index (χ1n) is 6.45. The molecule has 0 radical (unpaired) electrons. The van der Waals surface area contributed by atoms with Gasteiger partial charge in [0.05, 0.1) is 5.92 Å². The van der Waals surface area contributed by atoms with Crippen molar-refractivity contribution in [2.24, 2.45) is 11.7 Å². The maximum absolute atomic E-state index is 13.6. The largest absolute Gasteiger partial charge is 0.480 e. The lowest BCUT2D eigenvalue weighted by Gasteiger charge is -2.24. The Bertz CT molecular complexity index is 590. The van der Waals surface area contributed by atoms with E-state index in [4.69, 9.17) is 5.73 Å². The molecule has 1 fully saturated rings. The second kappa shape index (κ2) is 5.90. The molecule has 1 heterocycles. The first kappa shape index (κ1) is 15.0. The van der Waals surface area contributed by atoms with Gasteiger partial charge in [0.2, 0.25) is 11.8 Å². The van der Waals surface area contributed by atoms with Crippen LogP contribution < -0.4 is 5.73 Å². The quantitative estimate of drug-likeness (QED) is 0.807. The number of halogens is 1. The molecule has 6 nitrogen and oxygen atoms in total. The summed E-state index contributed by atoms with van der Waals surface area (Å²) in [6, 6.07) is 4.58. The van der Waals surface area contributed by atoms with E-state index in [0.29, 0.717) is 0 Å². The average molecular weight is 294 g/mol. The van der Waals surface area contributed by atoms with Crippen LogP contribution in [0.5, 0.6) is 0 Å². The molecule has 0 spiro atoms. The van der Waals surface area contributed by atoms with Crippen molar-refractivity contribution in [3.05, 3.63) is 35.6 Å². The molecule has 0 bridgehead atoms. The number of hydrogen-bond acceptors (Lipinski definition) is 3. The normalized spacial score (nSPS) is 19.6. The van der Waals surface area contributed by atoms with E-state index in [1.165, 1.54) is 18.2 Å². The van der Waals surface area contributed by atoms with Gasteiger partial charge in [0.25, 0.3) is 0 Å². The van der Waals surface area contributed by atoms with Crippen molar-refractivity contribution in [3.8, 4) is 0 Å². The van der Waals surface area contributed by atoms with E-state index in [1.807, 2.05) is 0 Å². The summed E-state index contributed by atoms with van der Waals surface area (Å²) >= 11 is 0. The van der Waals surface area contributed by atoms with Crippen molar-refractivity contribution >= 4 is 17.8 Å². The molecule has 1 aliphatic rings. The summed E-state index contributed by atoms with van der Waals surface area (Å²) in [4.78, 5) is 35.5. The lowest BCUT2D eigenvalue weighted by molar-refractivity contribution is -0.148. The van der Waals surface area contributed by atoms with Crippen LogP contribution in [0.15, 0.2) is 24.3 Å². The summed E-state index contributed by atoms with van der Waals surface area (Å²) in [5.74, 6) is -3.55. The van der Waals surface area contributed by atoms with E-state index in [9.17, 15) is 23.9 Å². The van der Waals surface area contributed by atoms with Gasteiger partial charge in [-0.2, -0.15) is 0 Å². The highest BCUT2D eigenvalue weighted by Crippen LogP contribution is 2.22. The van der Waals surface area contributed by atoms with Crippen molar-refractivity contribution in [2.75, 3.05) is 6.54 Å². The Morgan fingerprint density at radius 2 is 2.10 bits per heavy atom.